The van der Waals surface area contributed by atoms with Crippen molar-refractivity contribution < 1.29 is 14.3 Å². The smallest absolute Gasteiger partial charge is 0.224 e. The van der Waals surface area contributed by atoms with Gasteiger partial charge in [-0.25, -0.2) is 0 Å². The number of pyridine rings is 1. The van der Waals surface area contributed by atoms with Crippen LogP contribution in [0.5, 0.6) is 11.5 Å². The van der Waals surface area contributed by atoms with E-state index in [2.05, 4.69) is 31.2 Å². The number of nitrogens with one attached hydrogen (secondary N) is 2. The summed E-state index contributed by atoms with van der Waals surface area (Å²) in [5.41, 5.74) is 4.35. The van der Waals surface area contributed by atoms with E-state index in [9.17, 15) is 4.79 Å². The van der Waals surface area contributed by atoms with Gasteiger partial charge < -0.3 is 29.6 Å². The molecule has 0 spiro atoms. The quantitative estimate of drug-likeness (QED) is 0.296. The third-order valence-electron chi connectivity index (χ3n) is 6.59. The van der Waals surface area contributed by atoms with E-state index in [0.717, 1.165) is 28.5 Å². The van der Waals surface area contributed by atoms with Crippen molar-refractivity contribution in [1.82, 2.24) is 14.9 Å². The number of nitrogens with zero attached hydrogens (tertiary/aromatic N) is 3. The van der Waals surface area contributed by atoms with Crippen molar-refractivity contribution in [3.63, 3.8) is 0 Å². The molecule has 4 aromatic rings. The molecule has 1 amide bonds. The van der Waals surface area contributed by atoms with Crippen LogP contribution in [-0.2, 0) is 4.79 Å². The van der Waals surface area contributed by atoms with Crippen molar-refractivity contribution in [2.75, 3.05) is 24.4 Å². The fraction of sp³-hybridized carbons (Fsp3) is 0.207. The fourth-order valence-corrected chi connectivity index (χ4v) is 5.06. The number of carbonyl (C=O) groups excluding carboxylic acids is 1. The molecule has 2 aromatic carbocycles. The fourth-order valence-electron chi connectivity index (χ4n) is 4.72. The summed E-state index contributed by atoms with van der Waals surface area (Å²) in [6, 6.07) is 23.2. The first kappa shape index (κ1) is 25.3. The summed E-state index contributed by atoms with van der Waals surface area (Å²) >= 11 is 5.90. The molecule has 1 aliphatic heterocycles. The van der Waals surface area contributed by atoms with Crippen LogP contribution in [0.3, 0.4) is 0 Å². The highest BCUT2D eigenvalue weighted by molar-refractivity contribution is 7.80. The van der Waals surface area contributed by atoms with Crippen molar-refractivity contribution in [2.45, 2.75) is 25.4 Å². The van der Waals surface area contributed by atoms with Gasteiger partial charge in [0.1, 0.15) is 17.5 Å². The van der Waals surface area contributed by atoms with Crippen LogP contribution in [0.1, 0.15) is 36.8 Å². The second-order valence-corrected chi connectivity index (χ2v) is 9.17. The van der Waals surface area contributed by atoms with Crippen LogP contribution >= 0.6 is 12.2 Å². The molecule has 0 saturated carbocycles. The first-order chi connectivity index (χ1) is 18.5. The van der Waals surface area contributed by atoms with Crippen LogP contribution in [0, 0.1) is 0 Å². The topological polar surface area (TPSA) is 80.7 Å². The Hall–Kier alpha value is -4.37. The molecule has 2 aromatic heterocycles. The largest absolute Gasteiger partial charge is 0.497 e. The molecule has 38 heavy (non-hydrogen) atoms. The van der Waals surface area contributed by atoms with Gasteiger partial charge in [0, 0.05) is 41.9 Å². The van der Waals surface area contributed by atoms with Gasteiger partial charge >= 0.3 is 0 Å². The van der Waals surface area contributed by atoms with Gasteiger partial charge in [-0.1, -0.05) is 13.0 Å². The molecule has 0 bridgehead atoms. The Morgan fingerprint density at radius 1 is 1.03 bits per heavy atom. The lowest BCUT2D eigenvalue weighted by Gasteiger charge is -2.29. The van der Waals surface area contributed by atoms with Crippen LogP contribution in [0.25, 0.3) is 5.69 Å². The number of carbonyl (C=O) groups is 1. The summed E-state index contributed by atoms with van der Waals surface area (Å²) in [4.78, 5) is 18.8. The summed E-state index contributed by atoms with van der Waals surface area (Å²) in [6.45, 7) is 1.81. The molecule has 2 atom stereocenters. The highest BCUT2D eigenvalue weighted by Crippen LogP contribution is 2.44. The molecule has 1 aliphatic rings. The predicted octanol–water partition coefficient (Wildman–Crippen LogP) is 5.42. The minimum absolute atomic E-state index is 0.0835. The van der Waals surface area contributed by atoms with E-state index in [1.165, 1.54) is 0 Å². The second kappa shape index (κ2) is 10.9. The number of benzene rings is 2. The predicted molar refractivity (Wildman–Crippen MR) is 152 cm³/mol. The zero-order valence-electron chi connectivity index (χ0n) is 21.4. The minimum atomic E-state index is -0.227. The number of anilines is 2. The first-order valence-electron chi connectivity index (χ1n) is 12.3. The Morgan fingerprint density at radius 2 is 1.82 bits per heavy atom. The average Bonchev–Trinajstić information content (AvgIpc) is 3.58. The van der Waals surface area contributed by atoms with Gasteiger partial charge in [0.15, 0.2) is 5.11 Å². The molecule has 3 heterocycles. The number of hydrogen-bond donors (Lipinski definition) is 2. The normalized spacial score (nSPS) is 16.7. The molecule has 1 saturated heterocycles. The molecule has 1 fully saturated rings. The third-order valence-corrected chi connectivity index (χ3v) is 6.91. The van der Waals surface area contributed by atoms with Crippen molar-refractivity contribution in [3.05, 3.63) is 96.6 Å². The number of methoxy groups -OCH3 is 2. The highest BCUT2D eigenvalue weighted by Gasteiger charge is 2.42. The number of ether oxygens (including phenoxy) is 2. The van der Waals surface area contributed by atoms with Crippen LogP contribution in [0.15, 0.2) is 85.2 Å². The lowest BCUT2D eigenvalue weighted by molar-refractivity contribution is -0.115. The molecule has 194 valence electrons. The minimum Gasteiger partial charge on any atom is -0.497 e. The lowest BCUT2D eigenvalue weighted by atomic mass is 10.0. The molecule has 2 N–H and O–H groups in total. The van der Waals surface area contributed by atoms with E-state index in [0.29, 0.717) is 23.0 Å². The van der Waals surface area contributed by atoms with Crippen LogP contribution in [0.2, 0.25) is 0 Å². The Bertz CT molecular complexity index is 1440. The van der Waals surface area contributed by atoms with Gasteiger partial charge in [0.25, 0.3) is 0 Å². The van der Waals surface area contributed by atoms with Crippen LogP contribution in [0.4, 0.5) is 11.4 Å². The molecule has 2 unspecified atom stereocenters. The zero-order chi connectivity index (χ0) is 26.6. The lowest BCUT2D eigenvalue weighted by Crippen LogP contribution is -2.30. The molecule has 0 radical (unpaired) electrons. The number of hydrogen-bond acceptors (Lipinski definition) is 5. The summed E-state index contributed by atoms with van der Waals surface area (Å²) in [7, 11) is 3.24. The average molecular weight is 528 g/mol. The SMILES string of the molecule is CCC(=O)Nc1ccc(N2C(=S)NC(c3ccccn3)C2c2cccn2-c2ccc(OC)cc2)cc1OC. The van der Waals surface area contributed by atoms with Gasteiger partial charge in [-0.05, 0) is 72.9 Å². The van der Waals surface area contributed by atoms with Crippen molar-refractivity contribution >= 4 is 34.6 Å². The van der Waals surface area contributed by atoms with Crippen molar-refractivity contribution in [1.29, 1.82) is 0 Å². The zero-order valence-corrected chi connectivity index (χ0v) is 22.2. The maximum absolute atomic E-state index is 12.0. The summed E-state index contributed by atoms with van der Waals surface area (Å²) < 4.78 is 13.1. The highest BCUT2D eigenvalue weighted by atomic mass is 32.1. The number of rotatable bonds is 8. The van der Waals surface area contributed by atoms with E-state index < -0.39 is 0 Å². The van der Waals surface area contributed by atoms with Crippen molar-refractivity contribution in [2.24, 2.45) is 0 Å². The van der Waals surface area contributed by atoms with Gasteiger partial charge in [-0.2, -0.15) is 0 Å². The summed E-state index contributed by atoms with van der Waals surface area (Å²) in [6.07, 6.45) is 4.20. The monoisotopic (exact) mass is 527 g/mol. The Balaban J connectivity index is 1.61. The second-order valence-electron chi connectivity index (χ2n) is 8.78. The standard InChI is InChI=1S/C29H29N5O3S/c1-4-26(35)31-22-15-12-20(18-25(22)37-3)34-28(27(32-29(34)38)23-8-5-6-16-30-23)24-9-7-17-33(24)19-10-13-21(36-2)14-11-19/h5-18,27-28H,4H2,1-3H3,(H,31,35)(H,32,38). The van der Waals surface area contributed by atoms with Gasteiger partial charge in [0.2, 0.25) is 5.91 Å². The Kier molecular flexibility index (Phi) is 7.28. The van der Waals surface area contributed by atoms with E-state index in [1.807, 2.05) is 79.9 Å². The Labute approximate surface area is 227 Å². The van der Waals surface area contributed by atoms with E-state index in [-0.39, 0.29) is 18.0 Å². The summed E-state index contributed by atoms with van der Waals surface area (Å²) in [5.74, 6) is 1.26. The number of thiocarbonyl (C=S) groups is 1. The van der Waals surface area contributed by atoms with Crippen LogP contribution < -0.4 is 25.0 Å². The van der Waals surface area contributed by atoms with Gasteiger partial charge in [-0.3, -0.25) is 9.78 Å². The molecular weight excluding hydrogens is 498 g/mol. The molecule has 8 nitrogen and oxygen atoms in total. The maximum Gasteiger partial charge on any atom is 0.224 e. The molecular formula is C29H29N5O3S. The molecule has 0 aliphatic carbocycles. The Morgan fingerprint density at radius 3 is 2.50 bits per heavy atom. The van der Waals surface area contributed by atoms with E-state index in [1.54, 1.807) is 20.4 Å². The van der Waals surface area contributed by atoms with Crippen molar-refractivity contribution in [3.8, 4) is 17.2 Å². The maximum atomic E-state index is 12.0. The number of aromatic nitrogens is 2. The number of amides is 1. The summed E-state index contributed by atoms with van der Waals surface area (Å²) in [5, 5.41) is 6.97. The van der Waals surface area contributed by atoms with Gasteiger partial charge in [-0.15, -0.1) is 0 Å². The van der Waals surface area contributed by atoms with E-state index in [4.69, 9.17) is 21.7 Å². The molecule has 9 heteroatoms. The van der Waals surface area contributed by atoms with Crippen LogP contribution in [-0.4, -0.2) is 34.8 Å². The first-order valence-corrected chi connectivity index (χ1v) is 12.7. The third kappa shape index (κ3) is 4.80. The van der Waals surface area contributed by atoms with Gasteiger partial charge in [0.05, 0.1) is 31.6 Å². The van der Waals surface area contributed by atoms with E-state index >= 15 is 0 Å². The molecule has 5 rings (SSSR count).